The summed E-state index contributed by atoms with van der Waals surface area (Å²) in [6, 6.07) is 9.71. The second kappa shape index (κ2) is 6.51. The van der Waals surface area contributed by atoms with Gasteiger partial charge in [-0.1, -0.05) is 11.6 Å². The van der Waals surface area contributed by atoms with Gasteiger partial charge in [0.05, 0.1) is 5.69 Å². The van der Waals surface area contributed by atoms with Crippen molar-refractivity contribution in [2.24, 2.45) is 0 Å². The minimum absolute atomic E-state index is 0.146. The van der Waals surface area contributed by atoms with E-state index in [1.54, 1.807) is 30.3 Å². The first-order valence-corrected chi connectivity index (χ1v) is 9.84. The molecule has 23 heavy (non-hydrogen) atoms. The molecule has 0 saturated heterocycles. The lowest BCUT2D eigenvalue weighted by Crippen LogP contribution is -2.17. The lowest BCUT2D eigenvalue weighted by atomic mass is 10.3. The summed E-state index contributed by atoms with van der Waals surface area (Å²) in [7, 11) is -3.76. The van der Waals surface area contributed by atoms with Gasteiger partial charge in [0.15, 0.2) is 11.5 Å². The van der Waals surface area contributed by atoms with Gasteiger partial charge in [0.2, 0.25) is 0 Å². The molecule has 8 heteroatoms. The van der Waals surface area contributed by atoms with E-state index in [0.29, 0.717) is 40.3 Å². The molecule has 0 bridgehead atoms. The van der Waals surface area contributed by atoms with Gasteiger partial charge in [-0.2, -0.15) is 0 Å². The zero-order valence-corrected chi connectivity index (χ0v) is 14.6. The van der Waals surface area contributed by atoms with Crippen molar-refractivity contribution in [3.8, 4) is 11.5 Å². The highest BCUT2D eigenvalue weighted by atomic mass is 35.5. The van der Waals surface area contributed by atoms with Crippen LogP contribution in [0.15, 0.2) is 46.2 Å². The third-order valence-electron chi connectivity index (χ3n) is 3.21. The number of fused-ring (bicyclic) bond motifs is 1. The van der Waals surface area contributed by atoms with Crippen molar-refractivity contribution in [2.75, 3.05) is 24.2 Å². The summed E-state index contributed by atoms with van der Waals surface area (Å²) < 4.78 is 38.7. The number of benzene rings is 2. The van der Waals surface area contributed by atoms with E-state index in [-0.39, 0.29) is 4.90 Å². The molecule has 0 unspecified atom stereocenters. The predicted molar refractivity (Wildman–Crippen MR) is 91.5 cm³/mol. The fourth-order valence-electron chi connectivity index (χ4n) is 2.18. The molecule has 122 valence electrons. The van der Waals surface area contributed by atoms with Gasteiger partial charge in [-0.25, -0.2) is 8.42 Å². The van der Waals surface area contributed by atoms with Crippen LogP contribution >= 0.6 is 23.4 Å². The number of sulfonamides is 1. The lowest BCUT2D eigenvalue weighted by Gasteiger charge is -2.19. The van der Waals surface area contributed by atoms with E-state index in [9.17, 15) is 8.42 Å². The Morgan fingerprint density at radius 2 is 1.83 bits per heavy atom. The largest absolute Gasteiger partial charge is 0.486 e. The van der Waals surface area contributed by atoms with Crippen LogP contribution in [-0.4, -0.2) is 27.9 Å². The molecule has 5 nitrogen and oxygen atoms in total. The summed E-state index contributed by atoms with van der Waals surface area (Å²) in [4.78, 5) is 0.770. The van der Waals surface area contributed by atoms with Crippen molar-refractivity contribution in [1.29, 1.82) is 0 Å². The Bertz CT molecular complexity index is 839. The van der Waals surface area contributed by atoms with Gasteiger partial charge < -0.3 is 9.47 Å². The third-order valence-corrected chi connectivity index (χ3v) is 5.79. The van der Waals surface area contributed by atoms with Crippen LogP contribution in [0.1, 0.15) is 0 Å². The topological polar surface area (TPSA) is 64.6 Å². The van der Waals surface area contributed by atoms with E-state index >= 15 is 0 Å². The Morgan fingerprint density at radius 1 is 1.09 bits per heavy atom. The standard InChI is InChI=1S/C15H14ClNO4S2/c1-22-14-5-2-10(16)8-15(14)23(18,19)17-11-3-4-12-13(9-11)21-7-6-20-12/h2-5,8-9,17H,6-7H2,1H3. The first kappa shape index (κ1) is 16.3. The van der Waals surface area contributed by atoms with Crippen LogP contribution in [-0.2, 0) is 10.0 Å². The molecule has 0 aromatic heterocycles. The average Bonchev–Trinajstić information content (AvgIpc) is 2.54. The van der Waals surface area contributed by atoms with Crippen molar-refractivity contribution in [3.05, 3.63) is 41.4 Å². The average molecular weight is 372 g/mol. The monoisotopic (exact) mass is 371 g/mol. The first-order chi connectivity index (χ1) is 11.0. The van der Waals surface area contributed by atoms with E-state index in [1.807, 2.05) is 6.26 Å². The molecule has 0 radical (unpaired) electrons. The summed E-state index contributed by atoms with van der Waals surface area (Å²) >= 11 is 7.28. The molecule has 1 N–H and O–H groups in total. The minimum atomic E-state index is -3.76. The van der Waals surface area contributed by atoms with Crippen LogP contribution in [0.5, 0.6) is 11.5 Å². The SMILES string of the molecule is CSc1ccc(Cl)cc1S(=O)(=O)Nc1ccc2c(c1)OCCO2. The highest BCUT2D eigenvalue weighted by Crippen LogP contribution is 2.34. The highest BCUT2D eigenvalue weighted by Gasteiger charge is 2.20. The molecule has 0 atom stereocenters. The molecule has 0 spiro atoms. The second-order valence-electron chi connectivity index (χ2n) is 4.76. The van der Waals surface area contributed by atoms with Crippen LogP contribution < -0.4 is 14.2 Å². The molecular formula is C15H14ClNO4S2. The van der Waals surface area contributed by atoms with Gasteiger partial charge in [-0.3, -0.25) is 4.72 Å². The number of anilines is 1. The molecule has 1 aliphatic rings. The number of rotatable bonds is 4. The predicted octanol–water partition coefficient (Wildman–Crippen LogP) is 3.63. The lowest BCUT2D eigenvalue weighted by molar-refractivity contribution is 0.171. The Labute approximate surface area is 144 Å². The third kappa shape index (κ3) is 3.52. The van der Waals surface area contributed by atoms with Gasteiger partial charge in [-0.05, 0) is 36.6 Å². The van der Waals surface area contributed by atoms with E-state index in [4.69, 9.17) is 21.1 Å². The molecule has 1 aliphatic heterocycles. The molecule has 0 aliphatic carbocycles. The van der Waals surface area contributed by atoms with Crippen LogP contribution in [0.2, 0.25) is 5.02 Å². The fourth-order valence-corrected chi connectivity index (χ4v) is 4.62. The summed E-state index contributed by atoms with van der Waals surface area (Å²) in [5.74, 6) is 1.12. The Morgan fingerprint density at radius 3 is 2.57 bits per heavy atom. The summed E-state index contributed by atoms with van der Waals surface area (Å²) in [6.45, 7) is 0.922. The summed E-state index contributed by atoms with van der Waals surface area (Å²) in [5.41, 5.74) is 0.404. The van der Waals surface area contributed by atoms with Crippen molar-refractivity contribution >= 4 is 39.1 Å². The van der Waals surface area contributed by atoms with Gasteiger partial charge >= 0.3 is 0 Å². The number of hydrogen-bond donors (Lipinski definition) is 1. The van der Waals surface area contributed by atoms with E-state index in [1.165, 1.54) is 17.8 Å². The maximum atomic E-state index is 12.6. The molecule has 0 fully saturated rings. The number of hydrogen-bond acceptors (Lipinski definition) is 5. The first-order valence-electron chi connectivity index (χ1n) is 6.75. The fraction of sp³-hybridized carbons (Fsp3) is 0.200. The number of thioether (sulfide) groups is 1. The van der Waals surface area contributed by atoms with Crippen LogP contribution in [0, 0.1) is 0 Å². The normalized spacial score (nSPS) is 13.7. The van der Waals surface area contributed by atoms with Crippen LogP contribution in [0.4, 0.5) is 5.69 Å². The van der Waals surface area contributed by atoms with Crippen molar-refractivity contribution in [3.63, 3.8) is 0 Å². The Kier molecular flexibility index (Phi) is 4.61. The van der Waals surface area contributed by atoms with Crippen molar-refractivity contribution < 1.29 is 17.9 Å². The zero-order chi connectivity index (χ0) is 16.4. The number of nitrogens with one attached hydrogen (secondary N) is 1. The highest BCUT2D eigenvalue weighted by molar-refractivity contribution is 7.99. The Balaban J connectivity index is 1.94. The Hall–Kier alpha value is -1.57. The van der Waals surface area contributed by atoms with E-state index in [2.05, 4.69) is 4.72 Å². The van der Waals surface area contributed by atoms with Crippen LogP contribution in [0.25, 0.3) is 0 Å². The molecule has 3 rings (SSSR count). The number of halogens is 1. The summed E-state index contributed by atoms with van der Waals surface area (Å²) in [5, 5.41) is 0.366. The van der Waals surface area contributed by atoms with Gasteiger partial charge in [0, 0.05) is 16.0 Å². The molecule has 0 amide bonds. The minimum Gasteiger partial charge on any atom is -0.486 e. The van der Waals surface area contributed by atoms with Crippen molar-refractivity contribution in [2.45, 2.75) is 9.79 Å². The molecule has 2 aromatic carbocycles. The smallest absolute Gasteiger partial charge is 0.263 e. The number of ether oxygens (including phenoxy) is 2. The quantitative estimate of drug-likeness (QED) is 0.831. The van der Waals surface area contributed by atoms with E-state index < -0.39 is 10.0 Å². The van der Waals surface area contributed by atoms with Gasteiger partial charge in [0.1, 0.15) is 18.1 Å². The van der Waals surface area contributed by atoms with Gasteiger partial charge in [0.25, 0.3) is 10.0 Å². The van der Waals surface area contributed by atoms with Crippen LogP contribution in [0.3, 0.4) is 0 Å². The molecule has 2 aromatic rings. The second-order valence-corrected chi connectivity index (χ2v) is 7.69. The maximum Gasteiger partial charge on any atom is 0.263 e. The zero-order valence-electron chi connectivity index (χ0n) is 12.2. The molecular weight excluding hydrogens is 358 g/mol. The summed E-state index contributed by atoms with van der Waals surface area (Å²) in [6.07, 6.45) is 1.81. The molecule has 1 heterocycles. The van der Waals surface area contributed by atoms with Gasteiger partial charge in [-0.15, -0.1) is 11.8 Å². The molecule has 0 saturated carbocycles. The van der Waals surface area contributed by atoms with E-state index in [0.717, 1.165) is 0 Å². The van der Waals surface area contributed by atoms with Crippen molar-refractivity contribution in [1.82, 2.24) is 0 Å². The maximum absolute atomic E-state index is 12.6.